The Kier molecular flexibility index (Phi) is 3.97. The lowest BCUT2D eigenvalue weighted by Crippen LogP contribution is -2.03. The molecule has 0 aliphatic heterocycles. The highest BCUT2D eigenvalue weighted by Crippen LogP contribution is 2.25. The highest BCUT2D eigenvalue weighted by Gasteiger charge is 2.18. The molecule has 0 aliphatic carbocycles. The maximum Gasteiger partial charge on any atom is 0.307 e. The summed E-state index contributed by atoms with van der Waals surface area (Å²) in [5, 5.41) is 13.3. The number of nitrogens with one attached hydrogen (secondary N) is 1. The van der Waals surface area contributed by atoms with Gasteiger partial charge in [0.1, 0.15) is 5.82 Å². The van der Waals surface area contributed by atoms with E-state index in [1.807, 2.05) is 30.0 Å². The summed E-state index contributed by atoms with van der Waals surface area (Å²) >= 11 is 0. The van der Waals surface area contributed by atoms with E-state index < -0.39 is 22.2 Å². The summed E-state index contributed by atoms with van der Waals surface area (Å²) in [7, 11) is 0. The van der Waals surface area contributed by atoms with Crippen LogP contribution in [0.5, 0.6) is 0 Å². The fourth-order valence-corrected chi connectivity index (χ4v) is 1.80. The minimum atomic E-state index is -1.19. The van der Waals surface area contributed by atoms with Gasteiger partial charge in [-0.1, -0.05) is 0 Å². The third-order valence-electron chi connectivity index (χ3n) is 2.89. The molecule has 1 heterocycles. The van der Waals surface area contributed by atoms with Crippen LogP contribution in [0.4, 0.5) is 20.2 Å². The lowest BCUT2D eigenvalue weighted by Gasteiger charge is -2.07. The van der Waals surface area contributed by atoms with Gasteiger partial charge in [0.15, 0.2) is 0 Å². The van der Waals surface area contributed by atoms with E-state index >= 15 is 0 Å². The van der Waals surface area contributed by atoms with Gasteiger partial charge in [-0.05, 0) is 18.6 Å². The zero-order chi connectivity index (χ0) is 14.7. The van der Waals surface area contributed by atoms with E-state index in [-0.39, 0.29) is 5.69 Å². The van der Waals surface area contributed by atoms with Crippen LogP contribution in [0.1, 0.15) is 12.5 Å². The molecule has 0 saturated heterocycles. The van der Waals surface area contributed by atoms with Crippen LogP contribution in [0.2, 0.25) is 0 Å². The predicted molar refractivity (Wildman–Crippen MR) is 70.4 cm³/mol. The Morgan fingerprint density at radius 3 is 2.70 bits per heavy atom. The van der Waals surface area contributed by atoms with Crippen molar-refractivity contribution in [3.63, 3.8) is 0 Å². The van der Waals surface area contributed by atoms with E-state index in [9.17, 15) is 18.9 Å². The van der Waals surface area contributed by atoms with Crippen LogP contribution in [0.25, 0.3) is 0 Å². The topological polar surface area (TPSA) is 60.1 Å². The zero-order valence-electron chi connectivity index (χ0n) is 10.8. The molecule has 0 fully saturated rings. The molecule has 20 heavy (non-hydrogen) atoms. The molecule has 1 aromatic carbocycles. The van der Waals surface area contributed by atoms with E-state index in [1.165, 1.54) is 0 Å². The Balaban J connectivity index is 2.16. The normalized spacial score (nSPS) is 10.6. The number of rotatable bonds is 5. The highest BCUT2D eigenvalue weighted by atomic mass is 19.1. The molecule has 2 aromatic rings. The average molecular weight is 281 g/mol. The minimum Gasteiger partial charge on any atom is -0.378 e. The maximum atomic E-state index is 13.5. The van der Waals surface area contributed by atoms with Gasteiger partial charge in [0.25, 0.3) is 0 Å². The largest absolute Gasteiger partial charge is 0.378 e. The van der Waals surface area contributed by atoms with Gasteiger partial charge in [-0.25, -0.2) is 4.39 Å². The molecule has 0 radical (unpaired) electrons. The Hall–Kier alpha value is -2.44. The van der Waals surface area contributed by atoms with Crippen molar-refractivity contribution < 1.29 is 13.7 Å². The first kappa shape index (κ1) is 14.0. The Morgan fingerprint density at radius 2 is 2.10 bits per heavy atom. The number of aryl methyl sites for hydroxylation is 1. The fraction of sp³-hybridized carbons (Fsp3) is 0.231. The first-order valence-electron chi connectivity index (χ1n) is 6.03. The molecular formula is C13H13F2N3O2. The van der Waals surface area contributed by atoms with Crippen molar-refractivity contribution in [3.8, 4) is 0 Å². The summed E-state index contributed by atoms with van der Waals surface area (Å²) in [5.74, 6) is -2.04. The van der Waals surface area contributed by atoms with Crippen LogP contribution in [0.15, 0.2) is 30.6 Å². The molecule has 0 atom stereocenters. The molecule has 0 aliphatic rings. The van der Waals surface area contributed by atoms with Gasteiger partial charge in [0, 0.05) is 37.6 Å². The summed E-state index contributed by atoms with van der Waals surface area (Å²) in [6, 6.07) is 3.23. The van der Waals surface area contributed by atoms with Gasteiger partial charge >= 0.3 is 5.69 Å². The summed E-state index contributed by atoms with van der Waals surface area (Å²) in [6.45, 7) is 3.10. The number of nitro benzene ring substituents is 1. The number of halogens is 2. The number of nitrogens with zero attached hydrogens (tertiary/aromatic N) is 2. The zero-order valence-corrected chi connectivity index (χ0v) is 10.8. The van der Waals surface area contributed by atoms with Crippen LogP contribution in [0, 0.1) is 21.7 Å². The molecule has 7 heteroatoms. The van der Waals surface area contributed by atoms with Gasteiger partial charge in [0.2, 0.25) is 5.82 Å². The van der Waals surface area contributed by atoms with Crippen LogP contribution in [-0.2, 0) is 13.1 Å². The molecule has 0 unspecified atom stereocenters. The van der Waals surface area contributed by atoms with Gasteiger partial charge < -0.3 is 9.88 Å². The second kappa shape index (κ2) is 5.68. The van der Waals surface area contributed by atoms with Crippen molar-refractivity contribution >= 4 is 11.4 Å². The van der Waals surface area contributed by atoms with Crippen LogP contribution >= 0.6 is 0 Å². The van der Waals surface area contributed by atoms with E-state index in [2.05, 4.69) is 5.32 Å². The third-order valence-corrected chi connectivity index (χ3v) is 2.89. The van der Waals surface area contributed by atoms with Crippen molar-refractivity contribution in [1.29, 1.82) is 0 Å². The third kappa shape index (κ3) is 2.93. The van der Waals surface area contributed by atoms with Crippen molar-refractivity contribution in [1.82, 2.24) is 4.57 Å². The maximum absolute atomic E-state index is 13.5. The number of benzene rings is 1. The number of anilines is 1. The highest BCUT2D eigenvalue weighted by molar-refractivity contribution is 5.53. The van der Waals surface area contributed by atoms with Crippen molar-refractivity contribution in [3.05, 3.63) is 57.9 Å². The van der Waals surface area contributed by atoms with Crippen LogP contribution in [-0.4, -0.2) is 9.49 Å². The Morgan fingerprint density at radius 1 is 1.35 bits per heavy atom. The molecule has 0 saturated carbocycles. The molecule has 0 amide bonds. The monoisotopic (exact) mass is 281 g/mol. The van der Waals surface area contributed by atoms with Crippen LogP contribution in [0.3, 0.4) is 0 Å². The standard InChI is InChI=1S/C13H13F2N3O2/c1-2-17-4-3-9(8-17)7-16-12-6-13(18(19)20)11(15)5-10(12)14/h3-6,8,16H,2,7H2,1H3. The fourth-order valence-electron chi connectivity index (χ4n) is 1.80. The van der Waals surface area contributed by atoms with E-state index in [0.717, 1.165) is 18.2 Å². The van der Waals surface area contributed by atoms with E-state index in [0.29, 0.717) is 12.6 Å². The Bertz CT molecular complexity index is 641. The quantitative estimate of drug-likeness (QED) is 0.675. The number of hydrogen-bond acceptors (Lipinski definition) is 3. The van der Waals surface area contributed by atoms with Crippen molar-refractivity contribution in [2.75, 3.05) is 5.32 Å². The van der Waals surface area contributed by atoms with Gasteiger partial charge in [-0.3, -0.25) is 10.1 Å². The average Bonchev–Trinajstić information content (AvgIpc) is 2.85. The van der Waals surface area contributed by atoms with Crippen molar-refractivity contribution in [2.24, 2.45) is 0 Å². The summed E-state index contributed by atoms with van der Waals surface area (Å²) < 4.78 is 28.7. The molecule has 1 aromatic heterocycles. The SMILES string of the molecule is CCn1ccc(CNc2cc([N+](=O)[O-])c(F)cc2F)c1. The summed E-state index contributed by atoms with van der Waals surface area (Å²) in [6.07, 6.45) is 3.75. The van der Waals surface area contributed by atoms with Gasteiger partial charge in [-0.2, -0.15) is 4.39 Å². The molecule has 0 spiro atoms. The number of hydrogen-bond donors (Lipinski definition) is 1. The molecular weight excluding hydrogens is 268 g/mol. The smallest absolute Gasteiger partial charge is 0.307 e. The number of nitro groups is 1. The second-order valence-electron chi connectivity index (χ2n) is 4.24. The molecule has 5 nitrogen and oxygen atoms in total. The van der Waals surface area contributed by atoms with Crippen molar-refractivity contribution in [2.45, 2.75) is 20.0 Å². The summed E-state index contributed by atoms with van der Waals surface area (Å²) in [4.78, 5) is 9.73. The molecule has 2 rings (SSSR count). The predicted octanol–water partition coefficient (Wildman–Crippen LogP) is 3.31. The second-order valence-corrected chi connectivity index (χ2v) is 4.24. The van der Waals surface area contributed by atoms with Crippen LogP contribution < -0.4 is 5.32 Å². The summed E-state index contributed by atoms with van der Waals surface area (Å²) in [5.41, 5.74) is 0.0561. The molecule has 106 valence electrons. The Labute approximate surface area is 114 Å². The first-order valence-corrected chi connectivity index (χ1v) is 6.03. The van der Waals surface area contributed by atoms with E-state index in [1.54, 1.807) is 0 Å². The lowest BCUT2D eigenvalue weighted by atomic mass is 10.2. The number of aromatic nitrogens is 1. The van der Waals surface area contributed by atoms with E-state index in [4.69, 9.17) is 0 Å². The lowest BCUT2D eigenvalue weighted by molar-refractivity contribution is -0.387. The minimum absolute atomic E-state index is 0.0950. The first-order chi connectivity index (χ1) is 9.51. The molecule has 1 N–H and O–H groups in total. The molecule has 0 bridgehead atoms. The van der Waals surface area contributed by atoms with Gasteiger partial charge in [0.05, 0.1) is 10.6 Å². The van der Waals surface area contributed by atoms with Gasteiger partial charge in [-0.15, -0.1) is 0 Å².